The Kier molecular flexibility index (Phi) is 4.98. The average Bonchev–Trinajstić information content (AvgIpc) is 2.56. The van der Waals surface area contributed by atoms with Crippen molar-refractivity contribution < 1.29 is 9.90 Å². The number of nitrogens with zero attached hydrogens (tertiary/aromatic N) is 1. The Balaban J connectivity index is 3.04. The van der Waals surface area contributed by atoms with Crippen molar-refractivity contribution in [3.63, 3.8) is 0 Å². The minimum atomic E-state index is -0.850. The summed E-state index contributed by atoms with van der Waals surface area (Å²) in [5.74, 6) is 0.0964. The first-order valence-electron chi connectivity index (χ1n) is 4.69. The maximum Gasteiger partial charge on any atom is 0.352 e. The van der Waals surface area contributed by atoms with Gasteiger partial charge in [0.05, 0.1) is 0 Å². The van der Waals surface area contributed by atoms with Crippen molar-refractivity contribution in [1.29, 1.82) is 0 Å². The predicted molar refractivity (Wildman–Crippen MR) is 71.8 cm³/mol. The number of thioether (sulfide) groups is 1. The second kappa shape index (κ2) is 5.79. The van der Waals surface area contributed by atoms with E-state index in [9.17, 15) is 4.79 Å². The van der Waals surface area contributed by atoms with Gasteiger partial charge in [-0.05, 0) is 41.3 Å². The zero-order chi connectivity index (χ0) is 11.4. The number of aromatic nitrogens is 1. The number of halogens is 1. The molecule has 1 N–H and O–H groups in total. The van der Waals surface area contributed by atoms with E-state index in [1.165, 1.54) is 0 Å². The normalized spacial score (nSPS) is 12.7. The zero-order valence-corrected chi connectivity index (χ0v) is 11.7. The SMILES string of the molecule is CCC(CSC)n1cc(I)cc1C(=O)O. The summed E-state index contributed by atoms with van der Waals surface area (Å²) in [4.78, 5) is 11.0. The standard InChI is InChI=1S/C10H14INO2S/c1-3-8(6-15-2)12-5-7(11)4-9(12)10(13)14/h4-5,8H,3,6H2,1-2H3,(H,13,14). The lowest BCUT2D eigenvalue weighted by atomic mass is 10.2. The summed E-state index contributed by atoms with van der Waals surface area (Å²) in [6, 6.07) is 1.99. The van der Waals surface area contributed by atoms with Gasteiger partial charge in [0.1, 0.15) is 5.69 Å². The largest absolute Gasteiger partial charge is 0.477 e. The number of carboxylic acid groups (broad SMARTS) is 1. The fourth-order valence-corrected chi connectivity index (χ4v) is 2.88. The van der Waals surface area contributed by atoms with Crippen LogP contribution in [0.3, 0.4) is 0 Å². The van der Waals surface area contributed by atoms with Crippen LogP contribution in [0, 0.1) is 3.57 Å². The number of hydrogen-bond donors (Lipinski definition) is 1. The maximum absolute atomic E-state index is 11.0. The van der Waals surface area contributed by atoms with Crippen molar-refractivity contribution in [3.8, 4) is 0 Å². The molecule has 0 amide bonds. The molecule has 1 atom stereocenters. The number of hydrogen-bond acceptors (Lipinski definition) is 2. The Morgan fingerprint density at radius 1 is 1.73 bits per heavy atom. The van der Waals surface area contributed by atoms with Crippen molar-refractivity contribution in [2.45, 2.75) is 19.4 Å². The van der Waals surface area contributed by atoms with E-state index in [0.717, 1.165) is 15.7 Å². The third-order valence-corrected chi connectivity index (χ3v) is 3.57. The Hall–Kier alpha value is -0.170. The van der Waals surface area contributed by atoms with Crippen LogP contribution in [0.2, 0.25) is 0 Å². The molecule has 1 aromatic heterocycles. The smallest absolute Gasteiger partial charge is 0.352 e. The van der Waals surface area contributed by atoms with Crippen LogP contribution in [0.5, 0.6) is 0 Å². The van der Waals surface area contributed by atoms with Gasteiger partial charge in [0, 0.05) is 21.6 Å². The highest BCUT2D eigenvalue weighted by Crippen LogP contribution is 2.22. The molecule has 0 radical (unpaired) electrons. The highest BCUT2D eigenvalue weighted by atomic mass is 127. The van der Waals surface area contributed by atoms with Gasteiger partial charge < -0.3 is 9.67 Å². The summed E-state index contributed by atoms with van der Waals surface area (Å²) in [6.07, 6.45) is 4.90. The summed E-state index contributed by atoms with van der Waals surface area (Å²) < 4.78 is 2.85. The Morgan fingerprint density at radius 2 is 2.40 bits per heavy atom. The quantitative estimate of drug-likeness (QED) is 0.839. The molecule has 0 fully saturated rings. The van der Waals surface area contributed by atoms with Crippen molar-refractivity contribution in [3.05, 3.63) is 21.5 Å². The molecular formula is C10H14INO2S. The van der Waals surface area contributed by atoms with Gasteiger partial charge in [0.2, 0.25) is 0 Å². The van der Waals surface area contributed by atoms with Gasteiger partial charge in [-0.25, -0.2) is 4.79 Å². The van der Waals surface area contributed by atoms with E-state index in [1.54, 1.807) is 17.8 Å². The summed E-state index contributed by atoms with van der Waals surface area (Å²) in [5, 5.41) is 9.06. The first-order valence-corrected chi connectivity index (χ1v) is 7.17. The molecule has 15 heavy (non-hydrogen) atoms. The Bertz CT molecular complexity index is 351. The Labute approximate surface area is 107 Å². The monoisotopic (exact) mass is 339 g/mol. The van der Waals surface area contributed by atoms with Crippen LogP contribution in [-0.4, -0.2) is 27.7 Å². The van der Waals surface area contributed by atoms with E-state index >= 15 is 0 Å². The zero-order valence-electron chi connectivity index (χ0n) is 8.74. The molecule has 1 unspecified atom stereocenters. The predicted octanol–water partition coefficient (Wildman–Crippen LogP) is 3.11. The topological polar surface area (TPSA) is 42.2 Å². The summed E-state index contributed by atoms with van der Waals surface area (Å²) in [6.45, 7) is 2.08. The van der Waals surface area contributed by atoms with E-state index < -0.39 is 5.97 Å². The fraction of sp³-hybridized carbons (Fsp3) is 0.500. The lowest BCUT2D eigenvalue weighted by Gasteiger charge is -2.17. The molecule has 5 heteroatoms. The second-order valence-corrected chi connectivity index (χ2v) is 5.43. The second-order valence-electron chi connectivity index (χ2n) is 3.27. The van der Waals surface area contributed by atoms with E-state index in [4.69, 9.17) is 5.11 Å². The van der Waals surface area contributed by atoms with Gasteiger partial charge in [-0.1, -0.05) is 6.92 Å². The van der Waals surface area contributed by atoms with Crippen LogP contribution in [0.1, 0.15) is 29.9 Å². The van der Waals surface area contributed by atoms with Crippen molar-refractivity contribution >= 4 is 40.3 Å². The van der Waals surface area contributed by atoms with Crippen LogP contribution < -0.4 is 0 Å². The molecule has 0 spiro atoms. The minimum absolute atomic E-state index is 0.273. The first kappa shape index (κ1) is 12.9. The third-order valence-electron chi connectivity index (χ3n) is 2.26. The number of carboxylic acids is 1. The average molecular weight is 339 g/mol. The van der Waals surface area contributed by atoms with Crippen LogP contribution in [0.4, 0.5) is 0 Å². The molecule has 1 aromatic rings. The van der Waals surface area contributed by atoms with Gasteiger partial charge >= 0.3 is 5.97 Å². The van der Waals surface area contributed by atoms with Crippen molar-refractivity contribution in [2.24, 2.45) is 0 Å². The molecule has 0 bridgehead atoms. The number of carbonyl (C=O) groups is 1. The van der Waals surface area contributed by atoms with E-state index in [0.29, 0.717) is 5.69 Å². The van der Waals surface area contributed by atoms with Crippen LogP contribution in [-0.2, 0) is 0 Å². The fourth-order valence-electron chi connectivity index (χ4n) is 1.51. The lowest BCUT2D eigenvalue weighted by molar-refractivity contribution is 0.0683. The maximum atomic E-state index is 11.0. The van der Waals surface area contributed by atoms with Crippen molar-refractivity contribution in [1.82, 2.24) is 4.57 Å². The van der Waals surface area contributed by atoms with E-state index in [2.05, 4.69) is 29.5 Å². The van der Waals surface area contributed by atoms with Gasteiger partial charge in [0.15, 0.2) is 0 Å². The van der Waals surface area contributed by atoms with Crippen LogP contribution in [0.25, 0.3) is 0 Å². The Morgan fingerprint density at radius 3 is 2.87 bits per heavy atom. The van der Waals surface area contributed by atoms with E-state index in [-0.39, 0.29) is 6.04 Å². The molecule has 0 saturated heterocycles. The molecule has 0 aliphatic carbocycles. The van der Waals surface area contributed by atoms with Gasteiger partial charge in [-0.3, -0.25) is 0 Å². The van der Waals surface area contributed by atoms with Gasteiger partial charge in [0.25, 0.3) is 0 Å². The van der Waals surface area contributed by atoms with E-state index in [1.807, 2.05) is 17.0 Å². The van der Waals surface area contributed by atoms with Crippen molar-refractivity contribution in [2.75, 3.05) is 12.0 Å². The molecule has 0 aliphatic heterocycles. The molecule has 0 saturated carbocycles. The summed E-state index contributed by atoms with van der Waals surface area (Å²) in [5.41, 5.74) is 0.389. The minimum Gasteiger partial charge on any atom is -0.477 e. The molecule has 3 nitrogen and oxygen atoms in total. The third kappa shape index (κ3) is 3.14. The number of aromatic carboxylic acids is 1. The molecular weight excluding hydrogens is 325 g/mol. The lowest BCUT2D eigenvalue weighted by Crippen LogP contribution is -2.15. The van der Waals surface area contributed by atoms with Gasteiger partial charge in [-0.15, -0.1) is 0 Å². The summed E-state index contributed by atoms with van der Waals surface area (Å²) >= 11 is 3.89. The number of rotatable bonds is 5. The molecule has 1 rings (SSSR count). The van der Waals surface area contributed by atoms with Gasteiger partial charge in [-0.2, -0.15) is 11.8 Å². The molecule has 0 aromatic carbocycles. The molecule has 1 heterocycles. The molecule has 84 valence electrons. The van der Waals surface area contributed by atoms with Crippen LogP contribution in [0.15, 0.2) is 12.3 Å². The molecule has 0 aliphatic rings. The van der Waals surface area contributed by atoms with Crippen LogP contribution >= 0.6 is 34.4 Å². The highest BCUT2D eigenvalue weighted by molar-refractivity contribution is 14.1. The first-order chi connectivity index (χ1) is 7.10. The summed E-state index contributed by atoms with van der Waals surface area (Å²) in [7, 11) is 0. The highest BCUT2D eigenvalue weighted by Gasteiger charge is 2.17.